The van der Waals surface area contributed by atoms with Crippen molar-refractivity contribution >= 4 is 14.4 Å². The summed E-state index contributed by atoms with van der Waals surface area (Å²) in [5.41, 5.74) is 1.10. The highest BCUT2D eigenvalue weighted by Gasteiger charge is 2.37. The molecule has 0 aliphatic rings. The maximum absolute atomic E-state index is 6.16. The van der Waals surface area contributed by atoms with E-state index in [1.807, 2.05) is 17.8 Å². The van der Waals surface area contributed by atoms with E-state index in [1.54, 1.807) is 6.08 Å². The van der Waals surface area contributed by atoms with Crippen LogP contribution in [0.1, 0.15) is 32.3 Å². The molecule has 1 rings (SSSR count). The number of hydrogen-bond acceptors (Lipinski definition) is 2. The monoisotopic (exact) mass is 252 g/mol. The minimum absolute atomic E-state index is 0.243. The maximum atomic E-state index is 6.16. The van der Waals surface area contributed by atoms with E-state index in [0.717, 1.165) is 11.5 Å². The summed E-state index contributed by atoms with van der Waals surface area (Å²) in [4.78, 5) is 4.28. The van der Waals surface area contributed by atoms with Crippen molar-refractivity contribution in [3.63, 3.8) is 0 Å². The number of nitrogens with zero attached hydrogens (tertiary/aromatic N) is 2. The van der Waals surface area contributed by atoms with Gasteiger partial charge in [0, 0.05) is 7.05 Å². The van der Waals surface area contributed by atoms with Crippen LogP contribution in [0.25, 0.3) is 6.08 Å². The fraction of sp³-hybridized carbons (Fsp3) is 0.615. The molecule has 0 saturated carbocycles. The quantitative estimate of drug-likeness (QED) is 0.766. The molecular weight excluding hydrogens is 228 g/mol. The summed E-state index contributed by atoms with van der Waals surface area (Å²) in [6.07, 6.45) is 3.62. The first kappa shape index (κ1) is 14.2. The number of aromatic nitrogens is 2. The highest BCUT2D eigenvalue weighted by Crippen LogP contribution is 2.37. The van der Waals surface area contributed by atoms with E-state index >= 15 is 0 Å². The second-order valence-electron chi connectivity index (χ2n) is 5.92. The van der Waals surface area contributed by atoms with Crippen molar-refractivity contribution in [3.05, 3.63) is 24.3 Å². The zero-order chi connectivity index (χ0) is 13.3. The van der Waals surface area contributed by atoms with E-state index in [2.05, 4.69) is 45.4 Å². The maximum Gasteiger partial charge on any atom is 0.192 e. The molecule has 1 aromatic heterocycles. The van der Waals surface area contributed by atoms with Gasteiger partial charge in [0.25, 0.3) is 0 Å². The van der Waals surface area contributed by atoms with E-state index in [9.17, 15) is 0 Å². The topological polar surface area (TPSA) is 27.1 Å². The third-order valence-electron chi connectivity index (χ3n) is 3.69. The van der Waals surface area contributed by atoms with Crippen LogP contribution in [0, 0.1) is 0 Å². The van der Waals surface area contributed by atoms with Gasteiger partial charge < -0.3 is 8.99 Å². The molecule has 0 fully saturated rings. The van der Waals surface area contributed by atoms with Gasteiger partial charge in [0.1, 0.15) is 5.82 Å². The van der Waals surface area contributed by atoms with Gasteiger partial charge in [-0.3, -0.25) is 0 Å². The van der Waals surface area contributed by atoms with Gasteiger partial charge in [0.05, 0.1) is 18.5 Å². The van der Waals surface area contributed by atoms with Gasteiger partial charge >= 0.3 is 0 Å². The van der Waals surface area contributed by atoms with Crippen molar-refractivity contribution in [2.24, 2.45) is 7.05 Å². The standard InChI is InChI=1S/C13H24N2OSi/c1-8-12-14-9-11(15(12)5)10-16-17(6,7)13(2,3)4/h8-9H,1,10H2,2-7H3. The SMILES string of the molecule is C=Cc1ncc(CO[Si](C)(C)C(C)(C)C)n1C. The predicted octanol–water partition coefficient (Wildman–Crippen LogP) is 3.58. The highest BCUT2D eigenvalue weighted by atomic mass is 28.4. The molecule has 0 amide bonds. The first-order valence-electron chi connectivity index (χ1n) is 5.96. The molecule has 0 aliphatic carbocycles. The van der Waals surface area contributed by atoms with Crippen molar-refractivity contribution in [2.75, 3.05) is 0 Å². The summed E-state index contributed by atoms with van der Waals surface area (Å²) in [6, 6.07) is 0. The van der Waals surface area contributed by atoms with Crippen LogP contribution in [-0.2, 0) is 18.1 Å². The Balaban J connectivity index is 2.74. The Kier molecular flexibility index (Phi) is 3.99. The largest absolute Gasteiger partial charge is 0.411 e. The van der Waals surface area contributed by atoms with Gasteiger partial charge in [-0.15, -0.1) is 0 Å². The van der Waals surface area contributed by atoms with Gasteiger partial charge in [-0.25, -0.2) is 4.98 Å². The predicted molar refractivity (Wildman–Crippen MR) is 75.3 cm³/mol. The Morgan fingerprint density at radius 2 is 2.06 bits per heavy atom. The second kappa shape index (κ2) is 4.78. The molecule has 0 bridgehead atoms. The molecule has 0 spiro atoms. The Morgan fingerprint density at radius 1 is 1.47 bits per heavy atom. The number of hydrogen-bond donors (Lipinski definition) is 0. The first-order valence-corrected chi connectivity index (χ1v) is 8.87. The van der Waals surface area contributed by atoms with Crippen molar-refractivity contribution in [1.29, 1.82) is 0 Å². The molecule has 0 atom stereocenters. The van der Waals surface area contributed by atoms with Crippen molar-refractivity contribution < 1.29 is 4.43 Å². The average Bonchev–Trinajstić information content (AvgIpc) is 2.55. The van der Waals surface area contributed by atoms with Crippen LogP contribution in [-0.4, -0.2) is 17.9 Å². The lowest BCUT2D eigenvalue weighted by atomic mass is 10.2. The Bertz CT molecular complexity index is 402. The van der Waals surface area contributed by atoms with E-state index in [1.165, 1.54) is 0 Å². The Morgan fingerprint density at radius 3 is 2.47 bits per heavy atom. The molecule has 17 heavy (non-hydrogen) atoms. The lowest BCUT2D eigenvalue weighted by molar-refractivity contribution is 0.268. The summed E-state index contributed by atoms with van der Waals surface area (Å²) in [5, 5.41) is 0.243. The summed E-state index contributed by atoms with van der Waals surface area (Å²) in [5.74, 6) is 0.888. The minimum atomic E-state index is -1.68. The van der Waals surface area contributed by atoms with Crippen molar-refractivity contribution in [3.8, 4) is 0 Å². The van der Waals surface area contributed by atoms with Crippen molar-refractivity contribution in [2.45, 2.75) is 45.5 Å². The smallest absolute Gasteiger partial charge is 0.192 e. The Hall–Kier alpha value is -0.873. The van der Waals surface area contributed by atoms with E-state index in [4.69, 9.17) is 4.43 Å². The molecule has 0 aliphatic heterocycles. The molecule has 1 heterocycles. The van der Waals surface area contributed by atoms with Crippen LogP contribution >= 0.6 is 0 Å². The first-order chi connectivity index (χ1) is 7.69. The molecule has 3 nitrogen and oxygen atoms in total. The molecule has 1 aromatic rings. The zero-order valence-corrected chi connectivity index (χ0v) is 12.9. The summed E-state index contributed by atoms with van der Waals surface area (Å²) >= 11 is 0. The molecule has 0 unspecified atom stereocenters. The van der Waals surface area contributed by atoms with Gasteiger partial charge in [0.2, 0.25) is 0 Å². The minimum Gasteiger partial charge on any atom is -0.411 e. The van der Waals surface area contributed by atoms with E-state index in [0.29, 0.717) is 6.61 Å². The third kappa shape index (κ3) is 3.07. The van der Waals surface area contributed by atoms with Crippen LogP contribution in [0.2, 0.25) is 18.1 Å². The zero-order valence-electron chi connectivity index (χ0n) is 11.9. The molecule has 0 N–H and O–H groups in total. The second-order valence-corrected chi connectivity index (χ2v) is 10.7. The molecule has 0 aromatic carbocycles. The average molecular weight is 252 g/mol. The summed E-state index contributed by atoms with van der Waals surface area (Å²) in [6.45, 7) is 15.6. The van der Waals surface area contributed by atoms with Gasteiger partial charge in [0.15, 0.2) is 8.32 Å². The summed E-state index contributed by atoms with van der Waals surface area (Å²) in [7, 11) is 0.316. The van der Waals surface area contributed by atoms with Gasteiger partial charge in [-0.05, 0) is 24.2 Å². The van der Waals surface area contributed by atoms with E-state index in [-0.39, 0.29) is 5.04 Å². The fourth-order valence-corrected chi connectivity index (χ4v) is 2.20. The van der Waals surface area contributed by atoms with Gasteiger partial charge in [-0.2, -0.15) is 0 Å². The lowest BCUT2D eigenvalue weighted by Crippen LogP contribution is -2.40. The van der Waals surface area contributed by atoms with Crippen LogP contribution in [0.3, 0.4) is 0 Å². The lowest BCUT2D eigenvalue weighted by Gasteiger charge is -2.36. The van der Waals surface area contributed by atoms with Crippen molar-refractivity contribution in [1.82, 2.24) is 9.55 Å². The van der Waals surface area contributed by atoms with Crippen LogP contribution < -0.4 is 0 Å². The molecule has 0 radical (unpaired) electrons. The molecule has 96 valence electrons. The fourth-order valence-electron chi connectivity index (χ4n) is 1.26. The number of rotatable bonds is 4. The Labute approximate surface area is 106 Å². The summed E-state index contributed by atoms with van der Waals surface area (Å²) < 4.78 is 8.19. The van der Waals surface area contributed by atoms with Crippen LogP contribution in [0.15, 0.2) is 12.8 Å². The van der Waals surface area contributed by atoms with E-state index < -0.39 is 8.32 Å². The molecule has 0 saturated heterocycles. The van der Waals surface area contributed by atoms with Gasteiger partial charge in [-0.1, -0.05) is 27.4 Å². The third-order valence-corrected chi connectivity index (χ3v) is 8.17. The van der Waals surface area contributed by atoms with Crippen LogP contribution in [0.5, 0.6) is 0 Å². The normalized spacial score (nSPS) is 12.8. The molecular formula is C13H24N2OSi. The van der Waals surface area contributed by atoms with Crippen LogP contribution in [0.4, 0.5) is 0 Å². The highest BCUT2D eigenvalue weighted by molar-refractivity contribution is 6.74. The number of imidazole rings is 1. The molecule has 4 heteroatoms.